The third kappa shape index (κ3) is 4.07. The zero-order valence-electron chi connectivity index (χ0n) is 13.1. The molecule has 0 spiro atoms. The lowest BCUT2D eigenvalue weighted by Crippen LogP contribution is -2.14. The molecule has 1 heterocycles. The predicted octanol–water partition coefficient (Wildman–Crippen LogP) is 4.67. The number of carbonyl (C=O) groups is 1. The molecule has 2 aromatic carbocycles. The van der Waals surface area contributed by atoms with E-state index in [-0.39, 0.29) is 5.91 Å². The number of imidazole rings is 1. The molecule has 1 aromatic heterocycles. The summed E-state index contributed by atoms with van der Waals surface area (Å²) in [6.07, 6.45) is 3.67. The summed E-state index contributed by atoms with van der Waals surface area (Å²) in [4.78, 5) is 16.5. The van der Waals surface area contributed by atoms with E-state index in [9.17, 15) is 4.79 Å². The number of hydrogen-bond acceptors (Lipinski definition) is 3. The summed E-state index contributed by atoms with van der Waals surface area (Å²) < 4.78 is 2.99. The van der Waals surface area contributed by atoms with Gasteiger partial charge in [-0.1, -0.05) is 45.9 Å². The summed E-state index contributed by atoms with van der Waals surface area (Å²) in [6.45, 7) is 2.06. The van der Waals surface area contributed by atoms with Gasteiger partial charge in [0.05, 0.1) is 11.4 Å². The Morgan fingerprint density at radius 2 is 1.96 bits per heavy atom. The van der Waals surface area contributed by atoms with Crippen LogP contribution in [0.4, 0.5) is 5.69 Å². The van der Waals surface area contributed by atoms with E-state index < -0.39 is 0 Å². The molecule has 1 N–H and O–H groups in total. The number of anilines is 1. The standard InChI is InChI=1S/C18H16BrN3OS/c1-13-4-2-3-5-16(13)22-11-10-20-18(22)24-12-17(23)21-15-8-6-14(19)7-9-15/h2-11H,12H2,1H3,(H,21,23). The number of thioether (sulfide) groups is 1. The van der Waals surface area contributed by atoms with Gasteiger partial charge in [0.15, 0.2) is 5.16 Å². The first-order valence-electron chi connectivity index (χ1n) is 7.41. The number of halogens is 1. The van der Waals surface area contributed by atoms with Crippen LogP contribution in [0.5, 0.6) is 0 Å². The highest BCUT2D eigenvalue weighted by atomic mass is 79.9. The van der Waals surface area contributed by atoms with Crippen molar-refractivity contribution in [2.24, 2.45) is 0 Å². The van der Waals surface area contributed by atoms with Gasteiger partial charge in [-0.3, -0.25) is 9.36 Å². The summed E-state index contributed by atoms with van der Waals surface area (Å²) in [5, 5.41) is 3.69. The van der Waals surface area contributed by atoms with Gasteiger partial charge in [0.2, 0.25) is 5.91 Å². The second kappa shape index (κ2) is 7.68. The van der Waals surface area contributed by atoms with Crippen LogP contribution in [-0.2, 0) is 4.79 Å². The largest absolute Gasteiger partial charge is 0.325 e. The molecule has 1 amide bonds. The fourth-order valence-electron chi connectivity index (χ4n) is 2.27. The second-order valence-corrected chi connectivity index (χ2v) is 7.07. The Morgan fingerprint density at radius 3 is 2.71 bits per heavy atom. The first-order valence-corrected chi connectivity index (χ1v) is 9.19. The Bertz CT molecular complexity index is 845. The van der Waals surface area contributed by atoms with Crippen LogP contribution >= 0.6 is 27.7 Å². The molecule has 0 atom stereocenters. The van der Waals surface area contributed by atoms with Gasteiger partial charge in [0.25, 0.3) is 0 Å². The molecule has 4 nitrogen and oxygen atoms in total. The highest BCUT2D eigenvalue weighted by Crippen LogP contribution is 2.23. The summed E-state index contributed by atoms with van der Waals surface area (Å²) in [7, 11) is 0. The molecule has 0 saturated heterocycles. The van der Waals surface area contributed by atoms with Crippen LogP contribution in [0.15, 0.2) is 70.6 Å². The van der Waals surface area contributed by atoms with Gasteiger partial charge in [-0.05, 0) is 42.8 Å². The van der Waals surface area contributed by atoms with Gasteiger partial charge in [0.1, 0.15) is 0 Å². The predicted molar refractivity (Wildman–Crippen MR) is 102 cm³/mol. The van der Waals surface area contributed by atoms with Crippen LogP contribution in [-0.4, -0.2) is 21.2 Å². The van der Waals surface area contributed by atoms with Crippen molar-refractivity contribution in [3.63, 3.8) is 0 Å². The molecule has 3 aromatic rings. The topological polar surface area (TPSA) is 46.9 Å². The SMILES string of the molecule is Cc1ccccc1-n1ccnc1SCC(=O)Nc1ccc(Br)cc1. The van der Waals surface area contributed by atoms with Crippen LogP contribution < -0.4 is 5.32 Å². The maximum Gasteiger partial charge on any atom is 0.234 e. The number of para-hydroxylation sites is 1. The molecular formula is C18H16BrN3OS. The van der Waals surface area contributed by atoms with E-state index in [1.807, 2.05) is 53.2 Å². The number of benzene rings is 2. The molecule has 0 radical (unpaired) electrons. The summed E-state index contributed by atoms with van der Waals surface area (Å²) in [5.41, 5.74) is 3.02. The van der Waals surface area contributed by atoms with Gasteiger partial charge in [-0.25, -0.2) is 4.98 Å². The fraction of sp³-hybridized carbons (Fsp3) is 0.111. The van der Waals surface area contributed by atoms with Gasteiger partial charge in [-0.15, -0.1) is 0 Å². The average Bonchev–Trinajstić information content (AvgIpc) is 3.04. The maximum absolute atomic E-state index is 12.1. The van der Waals surface area contributed by atoms with Gasteiger partial charge in [0, 0.05) is 22.6 Å². The van der Waals surface area contributed by atoms with Crippen molar-refractivity contribution in [2.45, 2.75) is 12.1 Å². The molecule has 0 fully saturated rings. The van der Waals surface area contributed by atoms with Crippen LogP contribution in [0.1, 0.15) is 5.56 Å². The third-order valence-electron chi connectivity index (χ3n) is 3.44. The smallest absolute Gasteiger partial charge is 0.234 e. The van der Waals surface area contributed by atoms with Crippen LogP contribution in [0.25, 0.3) is 5.69 Å². The molecule has 0 aliphatic heterocycles. The van der Waals surface area contributed by atoms with Crippen molar-refractivity contribution in [3.8, 4) is 5.69 Å². The van der Waals surface area contributed by atoms with Crippen LogP contribution in [0.2, 0.25) is 0 Å². The van der Waals surface area contributed by atoms with E-state index in [0.29, 0.717) is 5.75 Å². The lowest BCUT2D eigenvalue weighted by Gasteiger charge is -2.10. The first kappa shape index (κ1) is 16.8. The van der Waals surface area contributed by atoms with E-state index in [1.54, 1.807) is 6.20 Å². The summed E-state index contributed by atoms with van der Waals surface area (Å²) in [5.74, 6) is 0.251. The first-order chi connectivity index (χ1) is 11.6. The molecule has 0 bridgehead atoms. The van der Waals surface area contributed by atoms with Crippen molar-refractivity contribution >= 4 is 39.3 Å². The maximum atomic E-state index is 12.1. The highest BCUT2D eigenvalue weighted by molar-refractivity contribution is 9.10. The van der Waals surface area contributed by atoms with Crippen LogP contribution in [0, 0.1) is 6.92 Å². The van der Waals surface area contributed by atoms with E-state index in [2.05, 4.69) is 39.2 Å². The fourth-order valence-corrected chi connectivity index (χ4v) is 3.30. The number of aromatic nitrogens is 2. The number of rotatable bonds is 5. The Morgan fingerprint density at radius 1 is 1.21 bits per heavy atom. The van der Waals surface area contributed by atoms with E-state index in [4.69, 9.17) is 0 Å². The number of carbonyl (C=O) groups excluding carboxylic acids is 1. The van der Waals surface area contributed by atoms with Gasteiger partial charge < -0.3 is 5.32 Å². The van der Waals surface area contributed by atoms with E-state index in [1.165, 1.54) is 11.8 Å². The summed E-state index contributed by atoms with van der Waals surface area (Å²) in [6, 6.07) is 15.6. The number of hydrogen-bond donors (Lipinski definition) is 1. The Hall–Kier alpha value is -2.05. The molecule has 24 heavy (non-hydrogen) atoms. The lowest BCUT2D eigenvalue weighted by atomic mass is 10.2. The van der Waals surface area contributed by atoms with Gasteiger partial charge >= 0.3 is 0 Å². The number of amides is 1. The Labute approximate surface area is 153 Å². The minimum absolute atomic E-state index is 0.0540. The quantitative estimate of drug-likeness (QED) is 0.631. The van der Waals surface area contributed by atoms with Crippen molar-refractivity contribution in [1.29, 1.82) is 0 Å². The van der Waals surface area contributed by atoms with Gasteiger partial charge in [-0.2, -0.15) is 0 Å². The zero-order chi connectivity index (χ0) is 16.9. The molecule has 122 valence electrons. The Balaban J connectivity index is 1.65. The molecule has 0 aliphatic carbocycles. The molecule has 0 aliphatic rings. The molecule has 0 saturated carbocycles. The third-order valence-corrected chi connectivity index (χ3v) is 4.94. The lowest BCUT2D eigenvalue weighted by molar-refractivity contribution is -0.113. The summed E-state index contributed by atoms with van der Waals surface area (Å²) >= 11 is 4.79. The molecule has 6 heteroatoms. The monoisotopic (exact) mass is 401 g/mol. The number of aryl methyl sites for hydroxylation is 1. The molecule has 3 rings (SSSR count). The van der Waals surface area contributed by atoms with Crippen molar-refractivity contribution in [1.82, 2.24) is 9.55 Å². The number of nitrogens with one attached hydrogen (secondary N) is 1. The minimum Gasteiger partial charge on any atom is -0.325 e. The van der Waals surface area contributed by atoms with E-state index in [0.717, 1.165) is 26.6 Å². The van der Waals surface area contributed by atoms with Crippen molar-refractivity contribution in [2.75, 3.05) is 11.1 Å². The number of nitrogens with zero attached hydrogens (tertiary/aromatic N) is 2. The van der Waals surface area contributed by atoms with E-state index >= 15 is 0 Å². The highest BCUT2D eigenvalue weighted by Gasteiger charge is 2.10. The Kier molecular flexibility index (Phi) is 5.37. The average molecular weight is 402 g/mol. The van der Waals surface area contributed by atoms with Crippen LogP contribution in [0.3, 0.4) is 0 Å². The normalized spacial score (nSPS) is 10.6. The van der Waals surface area contributed by atoms with Crippen molar-refractivity contribution < 1.29 is 4.79 Å². The molecule has 0 unspecified atom stereocenters. The zero-order valence-corrected chi connectivity index (χ0v) is 15.5. The minimum atomic E-state index is -0.0540. The van der Waals surface area contributed by atoms with Crippen molar-refractivity contribution in [3.05, 3.63) is 71.0 Å². The molecular weight excluding hydrogens is 386 g/mol. The second-order valence-electron chi connectivity index (χ2n) is 5.21.